The van der Waals surface area contributed by atoms with E-state index in [0.717, 1.165) is 68.1 Å². The Balaban J connectivity index is 0.00000363. The van der Waals surface area contributed by atoms with Crippen LogP contribution in [0.2, 0.25) is 5.02 Å². The Morgan fingerprint density at radius 1 is 1.09 bits per heavy atom. The molecule has 0 saturated carbocycles. The number of halogens is 2. The Morgan fingerprint density at radius 2 is 1.84 bits per heavy atom. The number of aliphatic imine (C=N–C) groups is 1. The Kier molecular flexibility index (Phi) is 11.6. The van der Waals surface area contributed by atoms with Crippen LogP contribution in [0.3, 0.4) is 0 Å². The predicted molar refractivity (Wildman–Crippen MR) is 142 cm³/mol. The molecule has 2 heterocycles. The molecular weight excluding hydrogens is 539 g/mol. The third-order valence-corrected chi connectivity index (χ3v) is 5.56. The molecule has 1 fully saturated rings. The van der Waals surface area contributed by atoms with Crippen LogP contribution in [0.1, 0.15) is 18.9 Å². The smallest absolute Gasteiger partial charge is 0.224 e. The third-order valence-electron chi connectivity index (χ3n) is 5.19. The van der Waals surface area contributed by atoms with Gasteiger partial charge in [0, 0.05) is 56.9 Å². The van der Waals surface area contributed by atoms with Crippen LogP contribution < -0.4 is 15.5 Å². The predicted octanol–water partition coefficient (Wildman–Crippen LogP) is 3.19. The Morgan fingerprint density at radius 3 is 2.53 bits per heavy atom. The van der Waals surface area contributed by atoms with Crippen molar-refractivity contribution in [2.45, 2.75) is 19.8 Å². The van der Waals surface area contributed by atoms with Gasteiger partial charge < -0.3 is 20.4 Å². The molecule has 2 N–H and O–H groups in total. The van der Waals surface area contributed by atoms with Crippen molar-refractivity contribution >= 4 is 53.3 Å². The number of hydrogen-bond donors (Lipinski definition) is 2. The number of piperazine rings is 1. The van der Waals surface area contributed by atoms with E-state index in [-0.39, 0.29) is 29.9 Å². The van der Waals surface area contributed by atoms with E-state index in [2.05, 4.69) is 25.5 Å². The zero-order valence-electron chi connectivity index (χ0n) is 18.5. The highest BCUT2D eigenvalue weighted by Gasteiger charge is 2.21. The maximum absolute atomic E-state index is 12.6. The molecule has 1 saturated heterocycles. The molecular formula is C23H32ClIN6O. The number of anilines is 1. The van der Waals surface area contributed by atoms with Gasteiger partial charge in [0.2, 0.25) is 5.91 Å². The highest BCUT2D eigenvalue weighted by molar-refractivity contribution is 14.0. The average Bonchev–Trinajstić information content (AvgIpc) is 2.81. The summed E-state index contributed by atoms with van der Waals surface area (Å²) in [6.07, 6.45) is 3.02. The molecule has 174 valence electrons. The lowest BCUT2D eigenvalue weighted by Gasteiger charge is -2.35. The largest absolute Gasteiger partial charge is 0.357 e. The first-order valence-electron chi connectivity index (χ1n) is 10.9. The summed E-state index contributed by atoms with van der Waals surface area (Å²) in [5, 5.41) is 7.32. The van der Waals surface area contributed by atoms with Crippen molar-refractivity contribution < 1.29 is 4.79 Å². The number of guanidine groups is 1. The summed E-state index contributed by atoms with van der Waals surface area (Å²) in [5.41, 5.74) is 1.10. The molecule has 0 aliphatic carbocycles. The highest BCUT2D eigenvalue weighted by Crippen LogP contribution is 2.15. The standard InChI is InChI=1S/C23H31ClN6O.HI/c1-2-25-23(27-13-10-19-7-3-4-8-20(19)24)28-14-11-22(31)30-17-15-29(16-18-30)21-9-5-6-12-26-21;/h3-9,12H,2,10-11,13-18H2,1H3,(H2,25,27,28);1H. The van der Waals surface area contributed by atoms with Crippen LogP contribution in [0, 0.1) is 0 Å². The number of hydrogen-bond acceptors (Lipinski definition) is 4. The number of rotatable bonds is 8. The molecule has 1 aromatic carbocycles. The Labute approximate surface area is 212 Å². The third kappa shape index (κ3) is 8.12. The number of pyridine rings is 1. The minimum Gasteiger partial charge on any atom is -0.357 e. The van der Waals surface area contributed by atoms with Gasteiger partial charge in [0.15, 0.2) is 5.96 Å². The minimum absolute atomic E-state index is 0. The zero-order valence-corrected chi connectivity index (χ0v) is 21.6. The lowest BCUT2D eigenvalue weighted by atomic mass is 10.1. The van der Waals surface area contributed by atoms with Crippen LogP contribution in [0.4, 0.5) is 5.82 Å². The van der Waals surface area contributed by atoms with Crippen molar-refractivity contribution in [3.05, 3.63) is 59.2 Å². The van der Waals surface area contributed by atoms with Gasteiger partial charge in [0.05, 0.1) is 6.54 Å². The van der Waals surface area contributed by atoms with Gasteiger partial charge in [-0.05, 0) is 37.1 Å². The number of aromatic nitrogens is 1. The lowest BCUT2D eigenvalue weighted by molar-refractivity contribution is -0.131. The van der Waals surface area contributed by atoms with Gasteiger partial charge >= 0.3 is 0 Å². The number of benzene rings is 1. The van der Waals surface area contributed by atoms with Crippen LogP contribution in [-0.2, 0) is 11.2 Å². The summed E-state index contributed by atoms with van der Waals surface area (Å²) >= 11 is 6.21. The second-order valence-electron chi connectivity index (χ2n) is 7.33. The summed E-state index contributed by atoms with van der Waals surface area (Å²) in [6.45, 7) is 7.01. The van der Waals surface area contributed by atoms with E-state index in [9.17, 15) is 4.79 Å². The van der Waals surface area contributed by atoms with Crippen molar-refractivity contribution in [2.24, 2.45) is 4.99 Å². The summed E-state index contributed by atoms with van der Waals surface area (Å²) in [7, 11) is 0. The molecule has 0 atom stereocenters. The van der Waals surface area contributed by atoms with Gasteiger partial charge in [-0.2, -0.15) is 0 Å². The van der Waals surface area contributed by atoms with Gasteiger partial charge in [-0.15, -0.1) is 24.0 Å². The monoisotopic (exact) mass is 570 g/mol. The molecule has 0 radical (unpaired) electrons. The van der Waals surface area contributed by atoms with E-state index >= 15 is 0 Å². The quantitative estimate of drug-likeness (QED) is 0.290. The van der Waals surface area contributed by atoms with Crippen LogP contribution >= 0.6 is 35.6 Å². The molecule has 32 heavy (non-hydrogen) atoms. The van der Waals surface area contributed by atoms with Gasteiger partial charge in [-0.25, -0.2) is 4.98 Å². The van der Waals surface area contributed by atoms with Crippen molar-refractivity contribution in [3.8, 4) is 0 Å². The molecule has 0 bridgehead atoms. The van der Waals surface area contributed by atoms with Crippen LogP contribution in [0.5, 0.6) is 0 Å². The fraction of sp³-hybridized carbons (Fsp3) is 0.435. The van der Waals surface area contributed by atoms with E-state index in [1.807, 2.05) is 54.3 Å². The maximum atomic E-state index is 12.6. The van der Waals surface area contributed by atoms with Crippen LogP contribution in [0.25, 0.3) is 0 Å². The topological polar surface area (TPSA) is 72.9 Å². The van der Waals surface area contributed by atoms with Crippen molar-refractivity contribution in [1.29, 1.82) is 0 Å². The van der Waals surface area contributed by atoms with Crippen LogP contribution in [0.15, 0.2) is 53.7 Å². The molecule has 1 aliphatic rings. The zero-order chi connectivity index (χ0) is 21.9. The van der Waals surface area contributed by atoms with E-state index in [0.29, 0.717) is 13.0 Å². The fourth-order valence-corrected chi connectivity index (χ4v) is 3.74. The van der Waals surface area contributed by atoms with Gasteiger partial charge in [0.25, 0.3) is 0 Å². The number of carbonyl (C=O) groups excluding carboxylic acids is 1. The minimum atomic E-state index is 0. The first-order chi connectivity index (χ1) is 15.2. The normalized spacial score (nSPS) is 14.0. The SMILES string of the molecule is CCNC(=NCCC(=O)N1CCN(c2ccccn2)CC1)NCCc1ccccc1Cl.I. The van der Waals surface area contributed by atoms with Gasteiger partial charge in [-0.1, -0.05) is 35.9 Å². The van der Waals surface area contributed by atoms with E-state index in [1.165, 1.54) is 0 Å². The van der Waals surface area contributed by atoms with Gasteiger partial charge in [0.1, 0.15) is 5.82 Å². The van der Waals surface area contributed by atoms with E-state index < -0.39 is 0 Å². The maximum Gasteiger partial charge on any atom is 0.224 e. The van der Waals surface area contributed by atoms with Gasteiger partial charge in [-0.3, -0.25) is 9.79 Å². The molecule has 2 aromatic rings. The molecule has 1 amide bonds. The summed E-state index contributed by atoms with van der Waals surface area (Å²) < 4.78 is 0. The first kappa shape index (κ1) is 26.2. The molecule has 1 aliphatic heterocycles. The Hall–Kier alpha value is -2.07. The molecule has 0 spiro atoms. The average molecular weight is 571 g/mol. The second-order valence-corrected chi connectivity index (χ2v) is 7.74. The first-order valence-corrected chi connectivity index (χ1v) is 11.2. The van der Waals surface area contributed by atoms with E-state index in [1.54, 1.807) is 6.20 Å². The lowest BCUT2D eigenvalue weighted by Crippen LogP contribution is -2.49. The molecule has 0 unspecified atom stereocenters. The fourth-order valence-electron chi connectivity index (χ4n) is 3.51. The van der Waals surface area contributed by atoms with Crippen molar-refractivity contribution in [3.63, 3.8) is 0 Å². The highest BCUT2D eigenvalue weighted by atomic mass is 127. The number of nitrogens with one attached hydrogen (secondary N) is 2. The molecule has 7 nitrogen and oxygen atoms in total. The number of carbonyl (C=O) groups is 1. The summed E-state index contributed by atoms with van der Waals surface area (Å²) in [4.78, 5) is 25.7. The molecule has 9 heteroatoms. The second kappa shape index (κ2) is 14.2. The number of nitrogens with zero attached hydrogens (tertiary/aromatic N) is 4. The molecule has 1 aromatic heterocycles. The Bertz CT molecular complexity index is 859. The molecule has 3 rings (SSSR count). The summed E-state index contributed by atoms with van der Waals surface area (Å²) in [5.74, 6) is 1.84. The van der Waals surface area contributed by atoms with Crippen molar-refractivity contribution in [2.75, 3.05) is 50.7 Å². The van der Waals surface area contributed by atoms with E-state index in [4.69, 9.17) is 11.6 Å². The summed E-state index contributed by atoms with van der Waals surface area (Å²) in [6, 6.07) is 13.8. The van der Waals surface area contributed by atoms with Crippen molar-refractivity contribution in [1.82, 2.24) is 20.5 Å². The van der Waals surface area contributed by atoms with Crippen LogP contribution in [-0.4, -0.2) is 67.6 Å². The number of amides is 1.